The molecule has 29 heavy (non-hydrogen) atoms. The predicted octanol–water partition coefficient (Wildman–Crippen LogP) is 1.46. The molecule has 1 fully saturated rings. The molecule has 3 aromatic rings. The van der Waals surface area contributed by atoms with Gasteiger partial charge in [-0.3, -0.25) is 4.79 Å². The second-order valence-electron chi connectivity index (χ2n) is 7.28. The molecular formula is C20H26N8O. The van der Waals surface area contributed by atoms with E-state index in [1.165, 1.54) is 0 Å². The number of fused-ring (bicyclic) bond motifs is 1. The van der Waals surface area contributed by atoms with Crippen LogP contribution in [0.5, 0.6) is 0 Å². The summed E-state index contributed by atoms with van der Waals surface area (Å²) in [7, 11) is 0. The number of pyridine rings is 1. The Hall–Kier alpha value is -3.23. The fourth-order valence-electron chi connectivity index (χ4n) is 3.50. The summed E-state index contributed by atoms with van der Waals surface area (Å²) in [4.78, 5) is 30.1. The maximum Gasteiger partial charge on any atom is 0.242 e. The van der Waals surface area contributed by atoms with Crippen LogP contribution in [0, 0.1) is 0 Å². The number of amides is 1. The van der Waals surface area contributed by atoms with Gasteiger partial charge in [0.15, 0.2) is 5.65 Å². The number of hydrogen-bond donors (Lipinski definition) is 1. The second kappa shape index (κ2) is 8.42. The van der Waals surface area contributed by atoms with Crippen LogP contribution < -0.4 is 15.1 Å². The summed E-state index contributed by atoms with van der Waals surface area (Å²) >= 11 is 0. The van der Waals surface area contributed by atoms with Crippen LogP contribution in [0.3, 0.4) is 0 Å². The van der Waals surface area contributed by atoms with E-state index in [1.54, 1.807) is 17.2 Å². The van der Waals surface area contributed by atoms with E-state index in [0.29, 0.717) is 5.65 Å². The number of nitrogens with one attached hydrogen (secondary N) is 1. The van der Waals surface area contributed by atoms with Crippen molar-refractivity contribution in [1.82, 2.24) is 30.0 Å². The topological polar surface area (TPSA) is 92.1 Å². The van der Waals surface area contributed by atoms with Gasteiger partial charge in [-0.05, 0) is 25.5 Å². The molecule has 0 saturated carbocycles. The van der Waals surface area contributed by atoms with Crippen LogP contribution in [0.25, 0.3) is 11.0 Å². The Morgan fingerprint density at radius 2 is 1.93 bits per heavy atom. The van der Waals surface area contributed by atoms with Crippen molar-refractivity contribution in [3.63, 3.8) is 0 Å². The van der Waals surface area contributed by atoms with Gasteiger partial charge in [-0.25, -0.2) is 19.6 Å². The molecule has 0 bridgehead atoms. The number of hydrogen-bond acceptors (Lipinski definition) is 7. The van der Waals surface area contributed by atoms with Crippen LogP contribution in [-0.2, 0) is 11.3 Å². The van der Waals surface area contributed by atoms with Crippen molar-refractivity contribution in [1.29, 1.82) is 0 Å². The summed E-state index contributed by atoms with van der Waals surface area (Å²) in [6.45, 7) is 7.59. The van der Waals surface area contributed by atoms with Crippen LogP contribution >= 0.6 is 0 Å². The molecule has 0 aromatic carbocycles. The highest BCUT2D eigenvalue weighted by molar-refractivity contribution is 5.88. The number of rotatable bonds is 6. The molecule has 0 unspecified atom stereocenters. The summed E-state index contributed by atoms with van der Waals surface area (Å²) in [5.74, 6) is 1.80. The Morgan fingerprint density at radius 1 is 1.14 bits per heavy atom. The van der Waals surface area contributed by atoms with E-state index in [4.69, 9.17) is 0 Å². The molecule has 1 aliphatic rings. The third-order valence-electron chi connectivity index (χ3n) is 5.28. The van der Waals surface area contributed by atoms with Crippen molar-refractivity contribution in [2.45, 2.75) is 32.9 Å². The number of carbonyl (C=O) groups excluding carboxylic acids is 1. The van der Waals surface area contributed by atoms with Crippen LogP contribution in [0.15, 0.2) is 36.9 Å². The summed E-state index contributed by atoms with van der Waals surface area (Å²) in [6, 6.07) is 6.12. The first-order valence-corrected chi connectivity index (χ1v) is 10.0. The fourth-order valence-corrected chi connectivity index (χ4v) is 3.50. The lowest BCUT2D eigenvalue weighted by Gasteiger charge is -2.36. The molecule has 9 heteroatoms. The molecule has 1 aliphatic heterocycles. The van der Waals surface area contributed by atoms with Crippen LogP contribution in [0.1, 0.15) is 20.3 Å². The highest BCUT2D eigenvalue weighted by atomic mass is 16.2. The zero-order valence-electron chi connectivity index (χ0n) is 16.8. The van der Waals surface area contributed by atoms with Gasteiger partial charge < -0.3 is 15.1 Å². The maximum absolute atomic E-state index is 12.2. The minimum Gasteiger partial charge on any atom is -0.353 e. The lowest BCUT2D eigenvalue weighted by molar-refractivity contribution is -0.122. The van der Waals surface area contributed by atoms with Gasteiger partial charge in [0.1, 0.15) is 24.5 Å². The normalized spacial score (nSPS) is 15.5. The van der Waals surface area contributed by atoms with Crippen molar-refractivity contribution in [2.24, 2.45) is 0 Å². The van der Waals surface area contributed by atoms with Crippen molar-refractivity contribution in [3.05, 3.63) is 36.9 Å². The number of nitrogens with zero attached hydrogens (tertiary/aromatic N) is 7. The molecule has 1 amide bonds. The van der Waals surface area contributed by atoms with Crippen molar-refractivity contribution < 1.29 is 4.79 Å². The summed E-state index contributed by atoms with van der Waals surface area (Å²) in [6.07, 6.45) is 6.02. The van der Waals surface area contributed by atoms with E-state index in [9.17, 15) is 4.79 Å². The van der Waals surface area contributed by atoms with Crippen molar-refractivity contribution >= 4 is 28.6 Å². The van der Waals surface area contributed by atoms with Gasteiger partial charge in [-0.15, -0.1) is 0 Å². The molecule has 1 saturated heterocycles. The zero-order valence-corrected chi connectivity index (χ0v) is 16.8. The number of carbonyl (C=O) groups is 1. The Labute approximate surface area is 169 Å². The van der Waals surface area contributed by atoms with Gasteiger partial charge in [0.05, 0.1) is 11.6 Å². The van der Waals surface area contributed by atoms with Gasteiger partial charge in [0.2, 0.25) is 5.91 Å². The Balaban J connectivity index is 1.48. The van der Waals surface area contributed by atoms with Crippen LogP contribution in [-0.4, -0.2) is 62.9 Å². The standard InChI is InChI=1S/C20H26N8O/c1-3-15(2)25-18(29)13-28-20-16(12-24-28)19(22-14-23-20)27-10-8-26(9-11-27)17-6-4-5-7-21-17/h4-7,12,14-15H,3,8-11,13H2,1-2H3,(H,25,29)/t15-/m1/s1. The Kier molecular flexibility index (Phi) is 5.55. The van der Waals surface area contributed by atoms with E-state index in [-0.39, 0.29) is 18.5 Å². The molecule has 1 atom stereocenters. The monoisotopic (exact) mass is 394 g/mol. The third kappa shape index (κ3) is 4.13. The predicted molar refractivity (Wildman–Crippen MR) is 112 cm³/mol. The average molecular weight is 394 g/mol. The lowest BCUT2D eigenvalue weighted by Crippen LogP contribution is -2.47. The number of aromatic nitrogens is 5. The van der Waals surface area contributed by atoms with Gasteiger partial charge >= 0.3 is 0 Å². The quantitative estimate of drug-likeness (QED) is 0.677. The smallest absolute Gasteiger partial charge is 0.242 e. The molecular weight excluding hydrogens is 368 g/mol. The molecule has 9 nitrogen and oxygen atoms in total. The van der Waals surface area contributed by atoms with E-state index in [2.05, 4.69) is 35.2 Å². The minimum atomic E-state index is -0.0616. The Bertz CT molecular complexity index is 965. The van der Waals surface area contributed by atoms with E-state index >= 15 is 0 Å². The molecule has 0 radical (unpaired) electrons. The van der Waals surface area contributed by atoms with E-state index in [1.807, 2.05) is 38.2 Å². The molecule has 4 rings (SSSR count). The number of piperazine rings is 1. The first-order chi connectivity index (χ1) is 14.2. The van der Waals surface area contributed by atoms with Crippen molar-refractivity contribution in [3.8, 4) is 0 Å². The van der Waals surface area contributed by atoms with Crippen LogP contribution in [0.4, 0.5) is 11.6 Å². The van der Waals surface area contributed by atoms with Crippen molar-refractivity contribution in [2.75, 3.05) is 36.0 Å². The van der Waals surface area contributed by atoms with Crippen LogP contribution in [0.2, 0.25) is 0 Å². The first-order valence-electron chi connectivity index (χ1n) is 10.0. The van der Waals surface area contributed by atoms with E-state index in [0.717, 1.165) is 49.6 Å². The summed E-state index contributed by atoms with van der Waals surface area (Å²) in [5.41, 5.74) is 0.682. The summed E-state index contributed by atoms with van der Waals surface area (Å²) in [5, 5.41) is 8.23. The molecule has 1 N–H and O–H groups in total. The average Bonchev–Trinajstić information content (AvgIpc) is 3.17. The highest BCUT2D eigenvalue weighted by Gasteiger charge is 2.22. The van der Waals surface area contributed by atoms with E-state index < -0.39 is 0 Å². The lowest BCUT2D eigenvalue weighted by atomic mass is 10.2. The second-order valence-corrected chi connectivity index (χ2v) is 7.28. The Morgan fingerprint density at radius 3 is 2.66 bits per heavy atom. The zero-order chi connectivity index (χ0) is 20.2. The molecule has 4 heterocycles. The van der Waals surface area contributed by atoms with Gasteiger partial charge in [0, 0.05) is 38.4 Å². The largest absolute Gasteiger partial charge is 0.353 e. The number of anilines is 2. The molecule has 3 aromatic heterocycles. The van der Waals surface area contributed by atoms with Gasteiger partial charge in [0.25, 0.3) is 0 Å². The third-order valence-corrected chi connectivity index (χ3v) is 5.28. The van der Waals surface area contributed by atoms with Gasteiger partial charge in [-0.1, -0.05) is 13.0 Å². The SMILES string of the molecule is CC[C@@H](C)NC(=O)Cn1ncc2c(N3CCN(c4ccccn4)CC3)ncnc21. The fraction of sp³-hybridized carbons (Fsp3) is 0.450. The summed E-state index contributed by atoms with van der Waals surface area (Å²) < 4.78 is 1.64. The maximum atomic E-state index is 12.2. The first kappa shape index (κ1) is 19.1. The van der Waals surface area contributed by atoms with Gasteiger partial charge in [-0.2, -0.15) is 5.10 Å². The molecule has 0 aliphatic carbocycles. The molecule has 0 spiro atoms. The highest BCUT2D eigenvalue weighted by Crippen LogP contribution is 2.24. The minimum absolute atomic E-state index is 0.0616. The molecule has 152 valence electrons.